The molecule has 3 rings (SSSR count). The van der Waals surface area contributed by atoms with Gasteiger partial charge in [-0.15, -0.1) is 0 Å². The molecule has 20 heavy (non-hydrogen) atoms. The summed E-state index contributed by atoms with van der Waals surface area (Å²) < 4.78 is 0. The molecule has 0 spiro atoms. The molecular weight excluding hydrogens is 250 g/mol. The number of hydrogen-bond donors (Lipinski definition) is 1. The zero-order chi connectivity index (χ0) is 14.3. The topological polar surface area (TPSA) is 46.2 Å². The van der Waals surface area contributed by atoms with Crippen LogP contribution < -0.4 is 5.32 Å². The first kappa shape index (κ1) is 13.3. The number of imide groups is 1. The first-order valence-electron chi connectivity index (χ1n) is 7.39. The van der Waals surface area contributed by atoms with Gasteiger partial charge in [-0.3, -0.25) is 14.9 Å². The lowest BCUT2D eigenvalue weighted by Crippen LogP contribution is -2.50. The Morgan fingerprint density at radius 1 is 1.25 bits per heavy atom. The van der Waals surface area contributed by atoms with Crippen LogP contribution in [0.4, 0.5) is 0 Å². The molecule has 2 fully saturated rings. The van der Waals surface area contributed by atoms with Crippen LogP contribution in [0, 0.1) is 18.3 Å². The number of carbonyl (C=O) groups excluding carboxylic acids is 2. The van der Waals surface area contributed by atoms with E-state index in [4.69, 9.17) is 0 Å². The Balaban J connectivity index is 2.01. The van der Waals surface area contributed by atoms with Crippen molar-refractivity contribution in [3.8, 4) is 0 Å². The molecule has 1 N–H and O–H groups in total. The summed E-state index contributed by atoms with van der Waals surface area (Å²) >= 11 is 0. The van der Waals surface area contributed by atoms with E-state index in [9.17, 15) is 9.59 Å². The molecule has 2 aliphatic rings. The number of rotatable bonds is 3. The molecule has 1 aromatic carbocycles. The Kier molecular flexibility index (Phi) is 3.15. The fraction of sp³-hybridized carbons (Fsp3) is 0.529. The molecule has 1 aliphatic carbocycles. The molecular formula is C17H21NO2. The van der Waals surface area contributed by atoms with Crippen molar-refractivity contribution in [2.75, 3.05) is 0 Å². The van der Waals surface area contributed by atoms with Crippen molar-refractivity contribution >= 4 is 11.8 Å². The zero-order valence-corrected chi connectivity index (χ0v) is 12.1. The lowest BCUT2D eigenvalue weighted by atomic mass is 9.65. The molecule has 3 nitrogen and oxygen atoms in total. The molecule has 1 aromatic rings. The van der Waals surface area contributed by atoms with E-state index < -0.39 is 0 Å². The molecule has 2 atom stereocenters. The van der Waals surface area contributed by atoms with Crippen LogP contribution in [0.5, 0.6) is 0 Å². The van der Waals surface area contributed by atoms with E-state index in [2.05, 4.69) is 12.2 Å². The normalized spacial score (nSPS) is 30.2. The molecule has 2 unspecified atom stereocenters. The Labute approximate surface area is 119 Å². The van der Waals surface area contributed by atoms with Crippen molar-refractivity contribution < 1.29 is 9.59 Å². The minimum Gasteiger partial charge on any atom is -0.296 e. The van der Waals surface area contributed by atoms with Crippen LogP contribution in [0.25, 0.3) is 0 Å². The van der Waals surface area contributed by atoms with Crippen molar-refractivity contribution in [2.24, 2.45) is 11.3 Å². The van der Waals surface area contributed by atoms with Crippen molar-refractivity contribution in [3.05, 3.63) is 35.4 Å². The van der Waals surface area contributed by atoms with Crippen LogP contribution in [-0.4, -0.2) is 11.8 Å². The van der Waals surface area contributed by atoms with E-state index in [0.29, 0.717) is 12.3 Å². The summed E-state index contributed by atoms with van der Waals surface area (Å²) in [6.45, 7) is 4.15. The summed E-state index contributed by atoms with van der Waals surface area (Å²) in [5.41, 5.74) is 1.96. The Morgan fingerprint density at radius 3 is 2.60 bits per heavy atom. The third-order valence-electron chi connectivity index (χ3n) is 4.74. The molecule has 0 bridgehead atoms. The van der Waals surface area contributed by atoms with Crippen LogP contribution in [0.3, 0.4) is 0 Å². The highest BCUT2D eigenvalue weighted by atomic mass is 16.2. The van der Waals surface area contributed by atoms with Crippen LogP contribution in [0.15, 0.2) is 24.3 Å². The van der Waals surface area contributed by atoms with Gasteiger partial charge >= 0.3 is 0 Å². The average Bonchev–Trinajstić information content (AvgIpc) is 3.13. The number of amides is 2. The molecule has 0 aromatic heterocycles. The number of nitrogens with one attached hydrogen (secondary N) is 1. The molecule has 2 amide bonds. The maximum absolute atomic E-state index is 12.4. The number of piperidine rings is 1. The quantitative estimate of drug-likeness (QED) is 0.859. The van der Waals surface area contributed by atoms with Gasteiger partial charge in [-0.05, 0) is 35.8 Å². The minimum absolute atomic E-state index is 0.122. The first-order valence-corrected chi connectivity index (χ1v) is 7.39. The van der Waals surface area contributed by atoms with Gasteiger partial charge in [-0.25, -0.2) is 0 Å². The fourth-order valence-corrected chi connectivity index (χ4v) is 3.64. The molecule has 1 saturated heterocycles. The Morgan fingerprint density at radius 2 is 1.95 bits per heavy atom. The highest BCUT2D eigenvalue weighted by Gasteiger charge is 2.48. The summed E-state index contributed by atoms with van der Waals surface area (Å²) in [5.74, 6) is 0.244. The number of aryl methyl sites for hydroxylation is 1. The van der Waals surface area contributed by atoms with E-state index in [-0.39, 0.29) is 23.1 Å². The van der Waals surface area contributed by atoms with Crippen molar-refractivity contribution in [1.29, 1.82) is 0 Å². The molecule has 1 heterocycles. The van der Waals surface area contributed by atoms with E-state index in [1.54, 1.807) is 0 Å². The van der Waals surface area contributed by atoms with Crippen molar-refractivity contribution in [2.45, 2.75) is 45.4 Å². The third kappa shape index (κ3) is 2.37. The molecule has 1 saturated carbocycles. The second-order valence-corrected chi connectivity index (χ2v) is 6.68. The maximum atomic E-state index is 12.4. The number of hydrogen-bond acceptors (Lipinski definition) is 2. The van der Waals surface area contributed by atoms with Gasteiger partial charge < -0.3 is 0 Å². The summed E-state index contributed by atoms with van der Waals surface area (Å²) in [7, 11) is 0. The standard InChI is InChI=1S/C17H21NO2/c1-11-5-3-4-6-13(11)15-16(20)18-14(19)10-17(15,2)9-12-7-8-12/h3-6,12,15H,7-10H2,1-2H3,(H,18,19,20). The molecule has 3 heteroatoms. The maximum Gasteiger partial charge on any atom is 0.234 e. The van der Waals surface area contributed by atoms with E-state index >= 15 is 0 Å². The van der Waals surface area contributed by atoms with Gasteiger partial charge in [-0.2, -0.15) is 0 Å². The van der Waals surface area contributed by atoms with Crippen molar-refractivity contribution in [3.63, 3.8) is 0 Å². The number of benzene rings is 1. The van der Waals surface area contributed by atoms with E-state index in [1.807, 2.05) is 31.2 Å². The van der Waals surface area contributed by atoms with Gasteiger partial charge in [0.25, 0.3) is 0 Å². The van der Waals surface area contributed by atoms with Crippen LogP contribution in [0.2, 0.25) is 0 Å². The summed E-state index contributed by atoms with van der Waals surface area (Å²) in [4.78, 5) is 24.3. The van der Waals surface area contributed by atoms with Gasteiger partial charge in [0.15, 0.2) is 0 Å². The fourth-order valence-electron chi connectivity index (χ4n) is 3.64. The summed E-state index contributed by atoms with van der Waals surface area (Å²) in [6.07, 6.45) is 3.91. The third-order valence-corrected chi connectivity index (χ3v) is 4.74. The van der Waals surface area contributed by atoms with Gasteiger partial charge in [0.1, 0.15) is 0 Å². The number of carbonyl (C=O) groups is 2. The van der Waals surface area contributed by atoms with Gasteiger partial charge in [0.05, 0.1) is 5.92 Å². The van der Waals surface area contributed by atoms with Crippen molar-refractivity contribution in [1.82, 2.24) is 5.32 Å². The Hall–Kier alpha value is -1.64. The summed E-state index contributed by atoms with van der Waals surface area (Å²) in [5, 5.41) is 2.53. The van der Waals surface area contributed by atoms with Crippen LogP contribution in [0.1, 0.15) is 49.7 Å². The summed E-state index contributed by atoms with van der Waals surface area (Å²) in [6, 6.07) is 8.03. The average molecular weight is 271 g/mol. The first-order chi connectivity index (χ1) is 9.49. The molecule has 0 radical (unpaired) electrons. The molecule has 1 aliphatic heterocycles. The predicted octanol–water partition coefficient (Wildman–Crippen LogP) is 2.93. The lowest BCUT2D eigenvalue weighted by molar-refractivity contribution is -0.139. The van der Waals surface area contributed by atoms with Gasteiger partial charge in [0.2, 0.25) is 11.8 Å². The van der Waals surface area contributed by atoms with Crippen LogP contribution >= 0.6 is 0 Å². The lowest BCUT2D eigenvalue weighted by Gasteiger charge is -2.41. The highest BCUT2D eigenvalue weighted by Crippen LogP contribution is 2.51. The van der Waals surface area contributed by atoms with E-state index in [1.165, 1.54) is 12.8 Å². The zero-order valence-electron chi connectivity index (χ0n) is 12.1. The second-order valence-electron chi connectivity index (χ2n) is 6.68. The molecule has 106 valence electrons. The highest BCUT2D eigenvalue weighted by molar-refractivity contribution is 6.02. The van der Waals surface area contributed by atoms with E-state index in [0.717, 1.165) is 17.5 Å². The van der Waals surface area contributed by atoms with Gasteiger partial charge in [-0.1, -0.05) is 44.0 Å². The Bertz CT molecular complexity index is 562. The SMILES string of the molecule is Cc1ccccc1C1C(=O)NC(=O)CC1(C)CC1CC1. The smallest absolute Gasteiger partial charge is 0.234 e. The predicted molar refractivity (Wildman–Crippen MR) is 77.1 cm³/mol. The van der Waals surface area contributed by atoms with Gasteiger partial charge in [0, 0.05) is 6.42 Å². The minimum atomic E-state index is -0.243. The largest absolute Gasteiger partial charge is 0.296 e. The second kappa shape index (κ2) is 4.72. The van der Waals surface area contributed by atoms with Crippen LogP contribution in [-0.2, 0) is 9.59 Å². The monoisotopic (exact) mass is 271 g/mol.